The smallest absolute Gasteiger partial charge is 0.308 e. The first-order valence-corrected chi connectivity index (χ1v) is 21.9. The van der Waals surface area contributed by atoms with Gasteiger partial charge in [0.05, 0.1) is 32.3 Å². The van der Waals surface area contributed by atoms with Crippen LogP contribution in [0.3, 0.4) is 0 Å². The highest BCUT2D eigenvalue weighted by molar-refractivity contribution is 6.74. The van der Waals surface area contributed by atoms with Gasteiger partial charge in [-0.2, -0.15) is 0 Å². The Balaban J connectivity index is 3.25. The van der Waals surface area contributed by atoms with Crippen LogP contribution in [0.4, 0.5) is 0 Å². The van der Waals surface area contributed by atoms with Crippen molar-refractivity contribution in [2.24, 2.45) is 17.3 Å². The van der Waals surface area contributed by atoms with Crippen molar-refractivity contribution in [1.82, 2.24) is 0 Å². The highest BCUT2D eigenvalue weighted by Gasteiger charge is 2.50. The van der Waals surface area contributed by atoms with Gasteiger partial charge in [-0.1, -0.05) is 99.6 Å². The number of ketones is 1. The molecule has 0 unspecified atom stereocenters. The van der Waals surface area contributed by atoms with Crippen molar-refractivity contribution < 1.29 is 27.9 Å². The van der Waals surface area contributed by atoms with Gasteiger partial charge in [-0.3, -0.25) is 9.59 Å². The first-order valence-electron chi connectivity index (χ1n) is 16.1. The largest absolute Gasteiger partial charge is 0.469 e. The molecule has 0 fully saturated rings. The molecule has 1 aromatic carbocycles. The molecule has 1 rings (SSSR count). The summed E-state index contributed by atoms with van der Waals surface area (Å²) in [6.07, 6.45) is 0.962. The van der Waals surface area contributed by atoms with Crippen molar-refractivity contribution in [3.63, 3.8) is 0 Å². The average molecular weight is 637 g/mol. The number of ether oxygens (including phenoxy) is 2. The number of hydrogen-bond acceptors (Lipinski definition) is 6. The zero-order chi connectivity index (χ0) is 33.4. The van der Waals surface area contributed by atoms with E-state index in [-0.39, 0.29) is 46.2 Å². The van der Waals surface area contributed by atoms with E-state index in [1.54, 1.807) is 0 Å². The number of carbonyl (C=O) groups is 2. The lowest BCUT2D eigenvalue weighted by Gasteiger charge is -2.46. The maximum Gasteiger partial charge on any atom is 0.308 e. The van der Waals surface area contributed by atoms with Gasteiger partial charge in [0.15, 0.2) is 16.6 Å². The molecule has 248 valence electrons. The fourth-order valence-corrected chi connectivity index (χ4v) is 7.68. The summed E-state index contributed by atoms with van der Waals surface area (Å²) in [5, 5.41) is -0.0713. The van der Waals surface area contributed by atoms with Crippen molar-refractivity contribution in [3.05, 3.63) is 35.9 Å². The van der Waals surface area contributed by atoms with E-state index in [0.717, 1.165) is 18.4 Å². The number of methoxy groups -OCH3 is 1. The van der Waals surface area contributed by atoms with E-state index in [0.29, 0.717) is 13.2 Å². The number of Topliss-reactive ketones (excluding diaryl/α,β-unsaturated/α-hetero) is 1. The molecule has 0 saturated heterocycles. The standard InChI is InChI=1S/C35H64O6Si2/c1-26(20-19-23-39-25-28-21-17-16-18-22-28)31(41-43(14,15)34(6,7)8)27(2)32(37)35(9,10)29(24-30(36)38-11)40-42(12,13)33(3,4)5/h16-18,21-22,26-27,29,31H,19-20,23-25H2,1-15H3/t26-,27+,29-,31-/m0/s1. The Morgan fingerprint density at radius 1 is 0.814 bits per heavy atom. The van der Waals surface area contributed by atoms with Gasteiger partial charge in [-0.05, 0) is 60.6 Å². The Hall–Kier alpha value is -1.33. The lowest BCUT2D eigenvalue weighted by molar-refractivity contribution is -0.148. The van der Waals surface area contributed by atoms with E-state index < -0.39 is 28.2 Å². The predicted octanol–water partition coefficient (Wildman–Crippen LogP) is 9.19. The molecule has 8 heteroatoms. The molecule has 0 aliphatic heterocycles. The molecule has 0 heterocycles. The maximum absolute atomic E-state index is 14.5. The fourth-order valence-electron chi connectivity index (χ4n) is 4.77. The average Bonchev–Trinajstić information content (AvgIpc) is 2.89. The molecule has 0 aliphatic rings. The highest BCUT2D eigenvalue weighted by Crippen LogP contribution is 2.44. The van der Waals surface area contributed by atoms with Crippen LogP contribution in [0.25, 0.3) is 0 Å². The predicted molar refractivity (Wildman–Crippen MR) is 183 cm³/mol. The third kappa shape index (κ3) is 11.5. The van der Waals surface area contributed by atoms with Crippen molar-refractivity contribution in [2.75, 3.05) is 13.7 Å². The number of hydrogen-bond donors (Lipinski definition) is 0. The molecule has 0 aliphatic carbocycles. The third-order valence-electron chi connectivity index (χ3n) is 10.0. The lowest BCUT2D eigenvalue weighted by atomic mass is 9.73. The molecule has 0 amide bonds. The number of esters is 1. The highest BCUT2D eigenvalue weighted by atomic mass is 28.4. The van der Waals surface area contributed by atoms with Gasteiger partial charge in [-0.15, -0.1) is 0 Å². The molecule has 0 bridgehead atoms. The minimum Gasteiger partial charge on any atom is -0.469 e. The Labute approximate surface area is 266 Å². The second-order valence-corrected chi connectivity index (χ2v) is 25.5. The van der Waals surface area contributed by atoms with Gasteiger partial charge in [0.25, 0.3) is 0 Å². The monoisotopic (exact) mass is 636 g/mol. The Kier molecular flexibility index (Phi) is 14.6. The molecule has 0 spiro atoms. The number of rotatable bonds is 17. The second-order valence-electron chi connectivity index (χ2n) is 16.0. The minimum atomic E-state index is -2.30. The second kappa shape index (κ2) is 15.8. The SMILES string of the molecule is COC(=O)C[C@H](O[Si](C)(C)C(C)(C)C)C(C)(C)C(=O)[C@H](C)[C@@H](O[Si](C)(C)C(C)(C)C)[C@@H](C)CCCOCc1ccccc1. The summed E-state index contributed by atoms with van der Waals surface area (Å²) in [4.78, 5) is 27.1. The van der Waals surface area contributed by atoms with Crippen LogP contribution in [-0.2, 0) is 34.5 Å². The third-order valence-corrected chi connectivity index (χ3v) is 19.0. The maximum atomic E-state index is 14.5. The zero-order valence-electron chi connectivity index (χ0n) is 30.2. The quantitative estimate of drug-likeness (QED) is 0.0965. The Bertz CT molecular complexity index is 1010. The van der Waals surface area contributed by atoms with Crippen LogP contribution in [0.15, 0.2) is 30.3 Å². The topological polar surface area (TPSA) is 71.1 Å². The molecule has 6 nitrogen and oxygen atoms in total. The van der Waals surface area contributed by atoms with Crippen molar-refractivity contribution in [2.45, 2.75) is 144 Å². The molecule has 43 heavy (non-hydrogen) atoms. The van der Waals surface area contributed by atoms with Gasteiger partial charge in [0, 0.05) is 17.9 Å². The van der Waals surface area contributed by atoms with Crippen LogP contribution < -0.4 is 0 Å². The summed E-state index contributed by atoms with van der Waals surface area (Å²) in [6.45, 7) is 31.3. The first kappa shape index (κ1) is 39.7. The van der Waals surface area contributed by atoms with Crippen LogP contribution >= 0.6 is 0 Å². The molecular formula is C35H64O6Si2. The summed E-state index contributed by atoms with van der Waals surface area (Å²) >= 11 is 0. The van der Waals surface area contributed by atoms with E-state index in [2.05, 4.69) is 86.8 Å². The number of carbonyl (C=O) groups excluding carboxylic acids is 2. The number of benzene rings is 1. The van der Waals surface area contributed by atoms with Crippen molar-refractivity contribution in [3.8, 4) is 0 Å². The van der Waals surface area contributed by atoms with Crippen molar-refractivity contribution in [1.29, 1.82) is 0 Å². The van der Waals surface area contributed by atoms with Crippen LogP contribution in [0.5, 0.6) is 0 Å². The molecule has 0 radical (unpaired) electrons. The van der Waals surface area contributed by atoms with E-state index in [9.17, 15) is 9.59 Å². The molecule has 1 aromatic rings. The van der Waals surface area contributed by atoms with Gasteiger partial charge >= 0.3 is 5.97 Å². The molecule has 0 saturated carbocycles. The summed E-state index contributed by atoms with van der Waals surface area (Å²) in [7, 11) is -3.11. The molecule has 4 atom stereocenters. The molecule has 0 aromatic heterocycles. The lowest BCUT2D eigenvalue weighted by Crippen LogP contribution is -2.54. The Morgan fingerprint density at radius 2 is 1.33 bits per heavy atom. The van der Waals surface area contributed by atoms with Crippen LogP contribution in [0, 0.1) is 17.3 Å². The van der Waals surface area contributed by atoms with Gasteiger partial charge in [0.1, 0.15) is 5.78 Å². The van der Waals surface area contributed by atoms with Gasteiger partial charge < -0.3 is 18.3 Å². The summed E-state index contributed by atoms with van der Waals surface area (Å²) in [6, 6.07) is 10.2. The first-order chi connectivity index (χ1) is 19.5. The molecule has 0 N–H and O–H groups in total. The summed E-state index contributed by atoms with van der Waals surface area (Å²) < 4.78 is 24.9. The van der Waals surface area contributed by atoms with E-state index in [1.165, 1.54) is 7.11 Å². The van der Waals surface area contributed by atoms with Gasteiger partial charge in [-0.25, -0.2) is 0 Å². The zero-order valence-corrected chi connectivity index (χ0v) is 32.2. The van der Waals surface area contributed by atoms with E-state index in [4.69, 9.17) is 18.3 Å². The van der Waals surface area contributed by atoms with E-state index in [1.807, 2.05) is 39.0 Å². The summed E-state index contributed by atoms with van der Waals surface area (Å²) in [5.41, 5.74) is 0.244. The van der Waals surface area contributed by atoms with Crippen LogP contribution in [-0.4, -0.2) is 54.3 Å². The van der Waals surface area contributed by atoms with Crippen LogP contribution in [0.1, 0.15) is 94.1 Å². The Morgan fingerprint density at radius 3 is 1.81 bits per heavy atom. The van der Waals surface area contributed by atoms with Crippen LogP contribution in [0.2, 0.25) is 36.3 Å². The minimum absolute atomic E-state index is 0.000906. The summed E-state index contributed by atoms with van der Waals surface area (Å²) in [5.74, 6) is -0.539. The van der Waals surface area contributed by atoms with E-state index >= 15 is 0 Å². The normalized spacial score (nSPS) is 16.3. The fraction of sp³-hybridized carbons (Fsp3) is 0.771. The van der Waals surface area contributed by atoms with Gasteiger partial charge in [0.2, 0.25) is 0 Å². The van der Waals surface area contributed by atoms with Crippen molar-refractivity contribution >= 4 is 28.4 Å². The molecular weight excluding hydrogens is 573 g/mol.